The number of fused-ring (bicyclic) bond motifs is 1. The average molecular weight is 513 g/mol. The quantitative estimate of drug-likeness (QED) is 0.188. The molecule has 2 heteroatoms. The van der Waals surface area contributed by atoms with Gasteiger partial charge in [0.05, 0.1) is 6.04 Å². The summed E-state index contributed by atoms with van der Waals surface area (Å²) in [5, 5.41) is 0. The van der Waals surface area contributed by atoms with Crippen molar-refractivity contribution in [2.75, 3.05) is 7.05 Å². The summed E-state index contributed by atoms with van der Waals surface area (Å²) >= 11 is 0. The molecule has 0 saturated heterocycles. The molecular formula is C36H52N2. The molecule has 4 atom stereocenters. The van der Waals surface area contributed by atoms with Crippen molar-refractivity contribution in [3.63, 3.8) is 0 Å². The Balaban J connectivity index is 2.12. The van der Waals surface area contributed by atoms with Gasteiger partial charge >= 0.3 is 0 Å². The number of rotatable bonds is 7. The van der Waals surface area contributed by atoms with Gasteiger partial charge in [0.2, 0.25) is 0 Å². The summed E-state index contributed by atoms with van der Waals surface area (Å²) in [6, 6.07) is 0.181. The van der Waals surface area contributed by atoms with Crippen LogP contribution in [0.4, 0.5) is 0 Å². The van der Waals surface area contributed by atoms with Gasteiger partial charge in [-0.25, -0.2) is 4.99 Å². The van der Waals surface area contributed by atoms with Crippen LogP contribution >= 0.6 is 0 Å². The van der Waals surface area contributed by atoms with Crippen molar-refractivity contribution in [3.05, 3.63) is 89.9 Å². The first-order valence-corrected chi connectivity index (χ1v) is 15.0. The first kappa shape index (κ1) is 30.0. The van der Waals surface area contributed by atoms with E-state index in [1.807, 2.05) is 0 Å². The molecule has 38 heavy (non-hydrogen) atoms. The van der Waals surface area contributed by atoms with Gasteiger partial charge in [0, 0.05) is 29.8 Å². The molecule has 0 amide bonds. The van der Waals surface area contributed by atoms with E-state index in [0.29, 0.717) is 11.8 Å². The minimum atomic E-state index is -0.0806. The summed E-state index contributed by atoms with van der Waals surface area (Å²) < 4.78 is 0. The largest absolute Gasteiger partial charge is 0.351 e. The highest BCUT2D eigenvalue weighted by molar-refractivity contribution is 5.47. The standard InChI is InChI=1S/C36H52N2/c1-9-11-13-19-31-23-28(5)24-33(30-17-14-12-15-18-30)34(37-10-2)20-16-21-36(7)26-32(31)25-29(6)38(8)35(36)22-27(3)4/h14,17-18,22,25-26,31,33-34H,2-3,5,9,11-13,15-16,19-21,23-24H2,1,4,6-8H3/b35-22-. The highest BCUT2D eigenvalue weighted by Gasteiger charge is 2.35. The van der Waals surface area contributed by atoms with Crippen molar-refractivity contribution in [2.24, 2.45) is 22.2 Å². The fourth-order valence-corrected chi connectivity index (χ4v) is 6.63. The van der Waals surface area contributed by atoms with Crippen LogP contribution in [0.25, 0.3) is 0 Å². The first-order chi connectivity index (χ1) is 18.2. The minimum absolute atomic E-state index is 0.0806. The summed E-state index contributed by atoms with van der Waals surface area (Å²) in [5.41, 5.74) is 7.94. The van der Waals surface area contributed by atoms with Crippen molar-refractivity contribution >= 4 is 5.87 Å². The topological polar surface area (TPSA) is 15.6 Å². The Bertz CT molecular complexity index is 1070. The molecule has 4 unspecified atom stereocenters. The van der Waals surface area contributed by atoms with E-state index in [4.69, 9.17) is 4.99 Å². The molecule has 3 aliphatic rings. The second-order valence-electron chi connectivity index (χ2n) is 12.2. The zero-order valence-corrected chi connectivity index (χ0v) is 25.0. The van der Waals surface area contributed by atoms with Gasteiger partial charge in [-0.1, -0.05) is 88.1 Å². The third-order valence-corrected chi connectivity index (χ3v) is 8.76. The van der Waals surface area contributed by atoms with Gasteiger partial charge in [0.15, 0.2) is 0 Å². The number of hydrogen-bond acceptors (Lipinski definition) is 2. The van der Waals surface area contributed by atoms with Gasteiger partial charge in [-0.15, -0.1) is 0 Å². The molecule has 2 nitrogen and oxygen atoms in total. The number of unbranched alkanes of at least 4 members (excludes halogenated alkanes) is 2. The SMILES string of the molecule is C=C=NC1CCCC2(C)C=C(C=C(C)N(C)/C2=C\C(=C)C)C(CCCCC)CC(=C)CC1C1=CCCC=C1. The molecule has 0 aromatic heterocycles. The van der Waals surface area contributed by atoms with Crippen molar-refractivity contribution < 1.29 is 0 Å². The Labute approximate surface area is 234 Å². The minimum Gasteiger partial charge on any atom is -0.351 e. The molecule has 2 bridgehead atoms. The van der Waals surface area contributed by atoms with Crippen molar-refractivity contribution in [3.8, 4) is 0 Å². The molecule has 3 rings (SSSR count). The summed E-state index contributed by atoms with van der Waals surface area (Å²) in [7, 11) is 2.22. The van der Waals surface area contributed by atoms with E-state index >= 15 is 0 Å². The van der Waals surface area contributed by atoms with Crippen LogP contribution in [0.15, 0.2) is 94.9 Å². The number of aliphatic imine (C=N–C) groups is 1. The predicted octanol–water partition coefficient (Wildman–Crippen LogP) is 10.1. The first-order valence-electron chi connectivity index (χ1n) is 15.0. The third kappa shape index (κ3) is 7.73. The van der Waals surface area contributed by atoms with Crippen LogP contribution in [0.2, 0.25) is 0 Å². The maximum atomic E-state index is 4.86. The van der Waals surface area contributed by atoms with E-state index in [9.17, 15) is 0 Å². The van der Waals surface area contributed by atoms with Crippen LogP contribution in [0, 0.1) is 17.3 Å². The van der Waals surface area contributed by atoms with Gasteiger partial charge in [-0.3, -0.25) is 0 Å². The monoisotopic (exact) mass is 512 g/mol. The lowest BCUT2D eigenvalue weighted by Gasteiger charge is -2.37. The van der Waals surface area contributed by atoms with Crippen LogP contribution in [-0.2, 0) is 0 Å². The summed E-state index contributed by atoms with van der Waals surface area (Å²) in [5.74, 6) is 3.76. The zero-order valence-electron chi connectivity index (χ0n) is 25.0. The average Bonchev–Trinajstić information content (AvgIpc) is 2.96. The lowest BCUT2D eigenvalue weighted by atomic mass is 9.73. The zero-order chi connectivity index (χ0) is 27.7. The molecule has 0 saturated carbocycles. The summed E-state index contributed by atoms with van der Waals surface area (Å²) in [6.07, 6.45) is 27.0. The van der Waals surface area contributed by atoms with E-state index in [0.717, 1.165) is 50.5 Å². The Morgan fingerprint density at radius 2 is 2.03 bits per heavy atom. The molecule has 1 aliphatic heterocycles. The summed E-state index contributed by atoms with van der Waals surface area (Å²) in [6.45, 7) is 21.9. The maximum Gasteiger partial charge on any atom is 0.0665 e. The van der Waals surface area contributed by atoms with Crippen LogP contribution in [0.1, 0.15) is 98.3 Å². The Hall–Kier alpha value is -2.57. The van der Waals surface area contributed by atoms with Crippen LogP contribution < -0.4 is 0 Å². The Morgan fingerprint density at radius 3 is 2.68 bits per heavy atom. The molecule has 0 aromatic rings. The number of nitrogens with zero attached hydrogens (tertiary/aromatic N) is 2. The lowest BCUT2D eigenvalue weighted by molar-refractivity contribution is 0.326. The third-order valence-electron chi connectivity index (χ3n) is 8.76. The highest BCUT2D eigenvalue weighted by atomic mass is 15.1. The predicted molar refractivity (Wildman–Crippen MR) is 167 cm³/mol. The van der Waals surface area contributed by atoms with Gasteiger partial charge in [-0.2, -0.15) is 0 Å². The van der Waals surface area contributed by atoms with E-state index in [1.165, 1.54) is 53.8 Å². The fourth-order valence-electron chi connectivity index (χ4n) is 6.63. The molecule has 1 heterocycles. The molecular weight excluding hydrogens is 460 g/mol. The van der Waals surface area contributed by atoms with Crippen molar-refractivity contribution in [1.29, 1.82) is 0 Å². The molecule has 0 aromatic carbocycles. The lowest BCUT2D eigenvalue weighted by Crippen LogP contribution is -2.29. The molecule has 0 radical (unpaired) electrons. The van der Waals surface area contributed by atoms with E-state index in [1.54, 1.807) is 0 Å². The Morgan fingerprint density at radius 1 is 1.24 bits per heavy atom. The van der Waals surface area contributed by atoms with Gasteiger partial charge in [-0.05, 0) is 100 Å². The number of allylic oxidation sites excluding steroid dienone is 10. The smallest absolute Gasteiger partial charge is 0.0665 e. The summed E-state index contributed by atoms with van der Waals surface area (Å²) in [4.78, 5) is 7.25. The van der Waals surface area contributed by atoms with Crippen LogP contribution in [0.5, 0.6) is 0 Å². The van der Waals surface area contributed by atoms with Gasteiger partial charge in [0.1, 0.15) is 0 Å². The van der Waals surface area contributed by atoms with E-state index in [-0.39, 0.29) is 11.5 Å². The second kappa shape index (κ2) is 14.0. The number of hydrogen-bond donors (Lipinski definition) is 0. The molecule has 0 spiro atoms. The maximum absolute atomic E-state index is 4.86. The van der Waals surface area contributed by atoms with Gasteiger partial charge in [0.25, 0.3) is 0 Å². The second-order valence-corrected chi connectivity index (χ2v) is 12.2. The van der Waals surface area contributed by atoms with Gasteiger partial charge < -0.3 is 4.90 Å². The van der Waals surface area contributed by atoms with E-state index < -0.39 is 0 Å². The van der Waals surface area contributed by atoms with Crippen molar-refractivity contribution in [2.45, 2.75) is 104 Å². The van der Waals surface area contributed by atoms with E-state index in [2.05, 4.69) is 102 Å². The van der Waals surface area contributed by atoms with Crippen molar-refractivity contribution in [1.82, 2.24) is 4.90 Å². The van der Waals surface area contributed by atoms with Crippen LogP contribution in [0.3, 0.4) is 0 Å². The highest BCUT2D eigenvalue weighted by Crippen LogP contribution is 2.45. The fraction of sp³-hybridized carbons (Fsp3) is 0.556. The molecule has 2 aliphatic carbocycles. The molecule has 0 fully saturated rings. The Kier molecular flexibility index (Phi) is 11.0. The normalized spacial score (nSPS) is 29.8. The molecule has 0 N–H and O–H groups in total. The van der Waals surface area contributed by atoms with Crippen LogP contribution in [-0.4, -0.2) is 23.9 Å². The molecule has 206 valence electrons.